The minimum Gasteiger partial charge on any atom is -0.508 e. The molecule has 3 N–H and O–H groups in total. The number of phenols is 1. The van der Waals surface area contributed by atoms with E-state index in [9.17, 15) is 29.1 Å². The van der Waals surface area contributed by atoms with Crippen LogP contribution in [0.2, 0.25) is 0 Å². The topological polar surface area (TPSA) is 157 Å². The number of aromatic nitrogens is 1. The van der Waals surface area contributed by atoms with E-state index in [0.29, 0.717) is 36.9 Å². The van der Waals surface area contributed by atoms with Gasteiger partial charge in [0.2, 0.25) is 11.8 Å². The van der Waals surface area contributed by atoms with Gasteiger partial charge in [-0.25, -0.2) is 9.82 Å². The number of aryl methyl sites for hydroxylation is 1. The molecule has 1 aromatic heterocycles. The molecule has 7 rings (SSSR count). The van der Waals surface area contributed by atoms with Crippen LogP contribution in [0.15, 0.2) is 73.3 Å². The van der Waals surface area contributed by atoms with Gasteiger partial charge in [0.15, 0.2) is 5.67 Å². The second-order valence-electron chi connectivity index (χ2n) is 20.2. The molecule has 14 nitrogen and oxygen atoms in total. The van der Waals surface area contributed by atoms with Crippen LogP contribution < -0.4 is 10.7 Å². The first-order chi connectivity index (χ1) is 32.2. The summed E-state index contributed by atoms with van der Waals surface area (Å²) in [4.78, 5) is 74.1. The van der Waals surface area contributed by atoms with Crippen molar-refractivity contribution in [3.63, 3.8) is 0 Å². The summed E-state index contributed by atoms with van der Waals surface area (Å²) < 4.78 is 24.9. The van der Waals surface area contributed by atoms with E-state index < -0.39 is 58.8 Å². The van der Waals surface area contributed by atoms with Crippen LogP contribution in [0.3, 0.4) is 0 Å². The molecule has 0 aliphatic carbocycles. The van der Waals surface area contributed by atoms with E-state index in [4.69, 9.17) is 4.74 Å². The minimum absolute atomic E-state index is 0.0181. The molecule has 4 aromatic rings. The van der Waals surface area contributed by atoms with Crippen LogP contribution in [0.4, 0.5) is 4.39 Å². The molecule has 6 bridgehead atoms. The smallest absolute Gasteiger partial charge is 0.324 e. The number of phenolic OH excluding ortho intramolecular Hbond substituents is 1. The lowest BCUT2D eigenvalue weighted by Gasteiger charge is -2.40. The fraction of sp³-hybridized carbons (Fsp3) is 0.491. The molecule has 0 spiro atoms. The van der Waals surface area contributed by atoms with Crippen molar-refractivity contribution in [1.82, 2.24) is 35.0 Å². The van der Waals surface area contributed by atoms with Crippen LogP contribution in [0.1, 0.15) is 77.0 Å². The summed E-state index contributed by atoms with van der Waals surface area (Å²) in [6.45, 7) is 15.1. The number of hydrazine groups is 1. The number of halogens is 1. The molecule has 68 heavy (non-hydrogen) atoms. The van der Waals surface area contributed by atoms with Crippen LogP contribution in [-0.4, -0.2) is 130 Å². The molecule has 3 atom stereocenters. The number of carbonyl (C=O) groups is 5. The Bertz CT molecular complexity index is 2580. The average molecular weight is 934 g/mol. The van der Waals surface area contributed by atoms with E-state index in [0.717, 1.165) is 50.8 Å². The van der Waals surface area contributed by atoms with Crippen molar-refractivity contribution in [2.75, 3.05) is 47.4 Å². The Morgan fingerprint density at radius 2 is 1.74 bits per heavy atom. The number of piperidine rings is 1. The number of likely N-dealkylation sites (tertiary alicyclic amines) is 1. The second-order valence-corrected chi connectivity index (χ2v) is 20.2. The Kier molecular flexibility index (Phi) is 14.9. The largest absolute Gasteiger partial charge is 0.508 e. The van der Waals surface area contributed by atoms with Crippen molar-refractivity contribution < 1.29 is 38.2 Å². The molecule has 15 heteroatoms. The number of esters is 1. The quantitative estimate of drug-likeness (QED) is 0.121. The maximum atomic E-state index is 16.4. The lowest BCUT2D eigenvalue weighted by molar-refractivity contribution is -0.156. The number of hydrogen-bond acceptors (Lipinski definition) is 9. The van der Waals surface area contributed by atoms with E-state index in [1.54, 1.807) is 26.0 Å². The Morgan fingerprint density at radius 1 is 1.01 bits per heavy atom. The van der Waals surface area contributed by atoms with Crippen molar-refractivity contribution in [2.24, 2.45) is 11.3 Å². The van der Waals surface area contributed by atoms with E-state index in [1.807, 2.05) is 12.1 Å². The number of carbonyl (C=O) groups excluding carboxylic acids is 5. The summed E-state index contributed by atoms with van der Waals surface area (Å²) in [5.41, 5.74) is 7.89. The summed E-state index contributed by atoms with van der Waals surface area (Å²) in [5, 5.41) is 16.6. The Morgan fingerprint density at radius 3 is 2.41 bits per heavy atom. The third kappa shape index (κ3) is 10.5. The summed E-state index contributed by atoms with van der Waals surface area (Å²) >= 11 is 0. The number of hydrogen-bond donors (Lipinski definition) is 3. The molecule has 3 aliphatic heterocycles. The monoisotopic (exact) mass is 934 g/mol. The highest BCUT2D eigenvalue weighted by Gasteiger charge is 2.47. The highest BCUT2D eigenvalue weighted by molar-refractivity contribution is 5.97. The maximum absolute atomic E-state index is 16.4. The number of amides is 4. The first kappa shape index (κ1) is 49.8. The lowest BCUT2D eigenvalue weighted by atomic mass is 9.84. The van der Waals surface area contributed by atoms with Gasteiger partial charge in [-0.1, -0.05) is 70.7 Å². The molecule has 2 saturated heterocycles. The van der Waals surface area contributed by atoms with E-state index >= 15 is 4.39 Å². The number of nitrogens with zero attached hydrogens (tertiary/aromatic N) is 5. The number of nitrogens with one attached hydrogen (secondary N) is 2. The number of benzene rings is 3. The highest BCUT2D eigenvalue weighted by Crippen LogP contribution is 2.42. The van der Waals surface area contributed by atoms with E-state index in [-0.39, 0.29) is 57.2 Å². The van der Waals surface area contributed by atoms with Crippen molar-refractivity contribution in [1.29, 1.82) is 0 Å². The number of aromatic hydroxyl groups is 1. The van der Waals surface area contributed by atoms with Gasteiger partial charge in [-0.05, 0) is 104 Å². The van der Waals surface area contributed by atoms with Gasteiger partial charge in [0.05, 0.1) is 12.3 Å². The number of alkyl halides is 1. The zero-order valence-corrected chi connectivity index (χ0v) is 40.9. The van der Waals surface area contributed by atoms with Gasteiger partial charge in [0.1, 0.15) is 23.9 Å². The molecular weight excluding hydrogens is 866 g/mol. The summed E-state index contributed by atoms with van der Waals surface area (Å²) in [6.07, 6.45) is 2.08. The predicted octanol–water partition coefficient (Wildman–Crippen LogP) is 6.41. The zero-order valence-electron chi connectivity index (χ0n) is 40.9. The van der Waals surface area contributed by atoms with E-state index in [1.165, 1.54) is 22.5 Å². The summed E-state index contributed by atoms with van der Waals surface area (Å²) in [7, 11) is 5.50. The average Bonchev–Trinajstić information content (AvgIpc) is 3.60. The Hall–Kier alpha value is -6.06. The number of ether oxygens (including phenoxy) is 1. The fourth-order valence-electron chi connectivity index (χ4n) is 10.3. The molecule has 3 aromatic carbocycles. The van der Waals surface area contributed by atoms with Crippen LogP contribution >= 0.6 is 0 Å². The first-order valence-corrected chi connectivity index (χ1v) is 23.9. The molecule has 0 saturated carbocycles. The lowest BCUT2D eigenvalue weighted by Crippen LogP contribution is -2.63. The first-order valence-electron chi connectivity index (χ1n) is 23.9. The van der Waals surface area contributed by atoms with E-state index in [2.05, 4.69) is 98.1 Å². The van der Waals surface area contributed by atoms with Crippen molar-refractivity contribution in [3.05, 3.63) is 90.0 Å². The Balaban J connectivity index is 1.30. The maximum Gasteiger partial charge on any atom is 0.324 e. The fourth-order valence-corrected chi connectivity index (χ4v) is 10.3. The molecule has 0 unspecified atom stereocenters. The number of likely N-dealkylation sites (N-methyl/N-ethyl adjacent to an activating group) is 1. The normalized spacial score (nSPS) is 20.2. The van der Waals surface area contributed by atoms with Crippen LogP contribution in [0, 0.1) is 11.3 Å². The van der Waals surface area contributed by atoms with Crippen molar-refractivity contribution >= 4 is 40.5 Å². The molecule has 2 fully saturated rings. The van der Waals surface area contributed by atoms with Gasteiger partial charge < -0.3 is 34.4 Å². The molecule has 4 heterocycles. The van der Waals surface area contributed by atoms with Gasteiger partial charge in [0.25, 0.3) is 11.8 Å². The van der Waals surface area contributed by atoms with Gasteiger partial charge in [-0.2, -0.15) is 0 Å². The SMILES string of the molecule is C=CC(=O)N1CCC(F)(C(=O)N(C)[C@H](C(=O)N[C@H]2Cc3cc(O)cc(c3)-c3ccc4c(c3)c(c(-c3ccccc3CN(C)C)n4CC)CC(C)(C)COC(=O)[C@@H]3CCCN(N3)C2=O)C(C)C)CC1. The number of cyclic esters (lactones) is 1. The zero-order chi connectivity index (χ0) is 49.2. The molecule has 0 radical (unpaired) electrons. The standard InChI is InChI=1S/C53H68FN7O7/c1-10-45(63)59-23-20-53(54,21-24-59)51(67)58(9)46(33(3)4)48(64)55-43-27-34-25-37(28-38(62)26-34)35-18-19-44-40(29-35)41(47(60(44)11-2)39-16-13-12-15-36(39)31-57(7)8)30-52(5,6)32-68-50(66)42-17-14-22-61(56-42)49(43)65/h10,12-13,15-16,18-19,25-26,28-29,33,42-43,46,56,62H,1,11,14,17,20-24,27,30-32H2,2-9H3,(H,55,64)/t42-,43-,46-/m0/s1. The van der Waals surface area contributed by atoms with Gasteiger partial charge in [0, 0.05) is 80.9 Å². The molecule has 4 amide bonds. The summed E-state index contributed by atoms with van der Waals surface area (Å²) in [6, 6.07) is 16.6. The van der Waals surface area contributed by atoms with Crippen molar-refractivity contribution in [3.8, 4) is 28.1 Å². The van der Waals surface area contributed by atoms with Gasteiger partial charge in [-0.15, -0.1) is 0 Å². The molecular formula is C53H68FN7O7. The minimum atomic E-state index is -2.31. The van der Waals surface area contributed by atoms with Crippen LogP contribution in [0.5, 0.6) is 5.75 Å². The van der Waals surface area contributed by atoms with Crippen LogP contribution in [-0.2, 0) is 54.6 Å². The third-order valence-corrected chi connectivity index (χ3v) is 13.7. The van der Waals surface area contributed by atoms with Crippen LogP contribution in [0.25, 0.3) is 33.3 Å². The van der Waals surface area contributed by atoms with Gasteiger partial charge >= 0.3 is 5.97 Å². The molecule has 364 valence electrons. The number of fused-ring (bicyclic) bond motifs is 6. The highest BCUT2D eigenvalue weighted by atomic mass is 19.1. The Labute approximate surface area is 399 Å². The van der Waals surface area contributed by atoms with Gasteiger partial charge in [-0.3, -0.25) is 29.0 Å². The second kappa shape index (κ2) is 20.3. The predicted molar refractivity (Wildman–Crippen MR) is 261 cm³/mol. The molecule has 3 aliphatic rings. The third-order valence-electron chi connectivity index (χ3n) is 13.7. The number of rotatable bonds is 10. The van der Waals surface area contributed by atoms with Crippen molar-refractivity contribution in [2.45, 2.75) is 110 Å². The summed E-state index contributed by atoms with van der Waals surface area (Å²) in [5.74, 6) is -3.46.